The van der Waals surface area contributed by atoms with Gasteiger partial charge in [0.25, 0.3) is 0 Å². The minimum absolute atomic E-state index is 0.0355. The average Bonchev–Trinajstić information content (AvgIpc) is 2.58. The van der Waals surface area contributed by atoms with Crippen molar-refractivity contribution in [3.8, 4) is 0 Å². The lowest BCUT2D eigenvalue weighted by atomic mass is 9.80. The van der Waals surface area contributed by atoms with Crippen LogP contribution in [-0.2, 0) is 16.1 Å². The number of ether oxygens (including phenoxy) is 1. The molecule has 2 rings (SSSR count). The highest BCUT2D eigenvalue weighted by molar-refractivity contribution is 5.75. The molecule has 1 unspecified atom stereocenters. The largest absolute Gasteiger partial charge is 0.369 e. The van der Waals surface area contributed by atoms with Crippen LogP contribution in [0.3, 0.4) is 0 Å². The van der Waals surface area contributed by atoms with Crippen LogP contribution in [0.15, 0.2) is 60.7 Å². The number of ketones is 1. The average molecular weight is 324 g/mol. The Morgan fingerprint density at radius 3 is 2.17 bits per heavy atom. The number of carbonyl (C=O) groups is 1. The Balaban J connectivity index is 2.07. The lowest BCUT2D eigenvalue weighted by Crippen LogP contribution is -2.19. The summed E-state index contributed by atoms with van der Waals surface area (Å²) in [4.78, 5) is 11.3. The van der Waals surface area contributed by atoms with Crippen molar-refractivity contribution in [1.82, 2.24) is 0 Å². The molecule has 0 fully saturated rings. The highest BCUT2D eigenvalue weighted by atomic mass is 16.5. The Labute approximate surface area is 145 Å². The summed E-state index contributed by atoms with van der Waals surface area (Å²) in [6.45, 7) is 6.70. The van der Waals surface area contributed by atoms with Crippen LogP contribution in [-0.4, -0.2) is 5.78 Å². The first-order chi connectivity index (χ1) is 11.5. The maximum absolute atomic E-state index is 11.3. The topological polar surface area (TPSA) is 26.3 Å². The summed E-state index contributed by atoms with van der Waals surface area (Å²) >= 11 is 0. The first kappa shape index (κ1) is 18.4. The number of rotatable bonds is 9. The molecular weight excluding hydrogens is 296 g/mol. The summed E-state index contributed by atoms with van der Waals surface area (Å²) in [6, 6.07) is 20.6. The van der Waals surface area contributed by atoms with E-state index in [1.165, 1.54) is 11.1 Å². The molecule has 0 radical (unpaired) electrons. The minimum Gasteiger partial charge on any atom is -0.369 e. The highest BCUT2D eigenvalue weighted by Crippen LogP contribution is 2.36. The monoisotopic (exact) mass is 324 g/mol. The quantitative estimate of drug-likeness (QED) is 0.589. The van der Waals surface area contributed by atoms with Crippen molar-refractivity contribution >= 4 is 5.78 Å². The molecule has 0 bridgehead atoms. The van der Waals surface area contributed by atoms with E-state index < -0.39 is 0 Å². The zero-order valence-corrected chi connectivity index (χ0v) is 15.0. The van der Waals surface area contributed by atoms with Crippen LogP contribution < -0.4 is 0 Å². The maximum Gasteiger partial charge on any atom is 0.129 e. The number of Topliss-reactive ketones (excluding diaryl/α,β-unsaturated/α-hetero) is 1. The molecule has 0 heterocycles. The van der Waals surface area contributed by atoms with Crippen LogP contribution in [0.2, 0.25) is 0 Å². The fraction of sp³-hybridized carbons (Fsp3) is 0.409. The van der Waals surface area contributed by atoms with E-state index in [9.17, 15) is 4.79 Å². The molecule has 0 aliphatic carbocycles. The van der Waals surface area contributed by atoms with Crippen LogP contribution in [0.5, 0.6) is 0 Å². The van der Waals surface area contributed by atoms with Gasteiger partial charge in [0.05, 0.1) is 12.7 Å². The predicted molar refractivity (Wildman–Crippen MR) is 98.7 cm³/mol. The predicted octanol–water partition coefficient (Wildman–Crippen LogP) is 5.73. The lowest BCUT2D eigenvalue weighted by molar-refractivity contribution is -0.117. The second kappa shape index (κ2) is 8.79. The standard InChI is InChI=1S/C22H28O2/c1-18(23)14-15-22(2,3)16-21(20-12-8-5-9-13-20)24-17-19-10-6-4-7-11-19/h4-13,21H,14-17H2,1-3H3. The van der Waals surface area contributed by atoms with Crippen LogP contribution in [0.4, 0.5) is 0 Å². The summed E-state index contributed by atoms with van der Waals surface area (Å²) in [5.41, 5.74) is 2.44. The summed E-state index contributed by atoms with van der Waals surface area (Å²) < 4.78 is 6.27. The number of hydrogen-bond acceptors (Lipinski definition) is 2. The van der Waals surface area contributed by atoms with Crippen molar-refractivity contribution in [2.75, 3.05) is 0 Å². The van der Waals surface area contributed by atoms with Gasteiger partial charge in [0.15, 0.2) is 0 Å². The van der Waals surface area contributed by atoms with Gasteiger partial charge in [-0.25, -0.2) is 0 Å². The van der Waals surface area contributed by atoms with E-state index in [1.807, 2.05) is 24.3 Å². The Kier molecular flexibility index (Phi) is 6.74. The molecule has 0 saturated carbocycles. The van der Waals surface area contributed by atoms with Crippen molar-refractivity contribution < 1.29 is 9.53 Å². The fourth-order valence-electron chi connectivity index (χ4n) is 2.83. The van der Waals surface area contributed by atoms with Gasteiger partial charge in [-0.1, -0.05) is 74.5 Å². The zero-order chi connectivity index (χ0) is 17.4. The van der Waals surface area contributed by atoms with Crippen LogP contribution in [0.25, 0.3) is 0 Å². The molecule has 2 heteroatoms. The van der Waals surface area contributed by atoms with Crippen molar-refractivity contribution in [1.29, 1.82) is 0 Å². The lowest BCUT2D eigenvalue weighted by Gasteiger charge is -2.30. The van der Waals surface area contributed by atoms with Crippen molar-refractivity contribution in [3.63, 3.8) is 0 Å². The van der Waals surface area contributed by atoms with E-state index >= 15 is 0 Å². The second-order valence-corrected chi connectivity index (χ2v) is 7.27. The van der Waals surface area contributed by atoms with Gasteiger partial charge in [0.1, 0.15) is 5.78 Å². The van der Waals surface area contributed by atoms with Gasteiger partial charge in [0, 0.05) is 6.42 Å². The fourth-order valence-corrected chi connectivity index (χ4v) is 2.83. The van der Waals surface area contributed by atoms with Gasteiger partial charge < -0.3 is 9.53 Å². The van der Waals surface area contributed by atoms with E-state index in [2.05, 4.69) is 50.2 Å². The molecule has 0 aliphatic heterocycles. The summed E-state index contributed by atoms with van der Waals surface area (Å²) in [6.07, 6.45) is 2.46. The molecule has 24 heavy (non-hydrogen) atoms. The number of benzene rings is 2. The van der Waals surface area contributed by atoms with Gasteiger partial charge in [-0.3, -0.25) is 0 Å². The SMILES string of the molecule is CC(=O)CCC(C)(C)CC(OCc1ccccc1)c1ccccc1. The summed E-state index contributed by atoms with van der Waals surface area (Å²) in [5, 5.41) is 0. The van der Waals surface area contributed by atoms with E-state index in [4.69, 9.17) is 4.74 Å². The van der Waals surface area contributed by atoms with E-state index in [0.717, 1.165) is 12.8 Å². The Morgan fingerprint density at radius 1 is 1.00 bits per heavy atom. The smallest absolute Gasteiger partial charge is 0.129 e. The van der Waals surface area contributed by atoms with Gasteiger partial charge in [-0.15, -0.1) is 0 Å². The molecule has 0 spiro atoms. The highest BCUT2D eigenvalue weighted by Gasteiger charge is 2.25. The van der Waals surface area contributed by atoms with E-state index in [-0.39, 0.29) is 17.3 Å². The molecule has 1 atom stereocenters. The minimum atomic E-state index is 0.0355. The maximum atomic E-state index is 11.3. The molecular formula is C22H28O2. The Hall–Kier alpha value is -1.93. The molecule has 2 aromatic rings. The molecule has 128 valence electrons. The second-order valence-electron chi connectivity index (χ2n) is 7.27. The third-order valence-electron chi connectivity index (χ3n) is 4.36. The molecule has 0 saturated heterocycles. The van der Waals surface area contributed by atoms with E-state index in [0.29, 0.717) is 13.0 Å². The van der Waals surface area contributed by atoms with Gasteiger partial charge >= 0.3 is 0 Å². The Morgan fingerprint density at radius 2 is 1.58 bits per heavy atom. The molecule has 2 nitrogen and oxygen atoms in total. The molecule has 0 amide bonds. The molecule has 0 aliphatic rings. The number of carbonyl (C=O) groups excluding carboxylic acids is 1. The van der Waals surface area contributed by atoms with Crippen molar-refractivity contribution in [2.45, 2.75) is 52.7 Å². The Bertz CT molecular complexity index is 617. The van der Waals surface area contributed by atoms with E-state index in [1.54, 1.807) is 6.92 Å². The van der Waals surface area contributed by atoms with Gasteiger partial charge in [-0.2, -0.15) is 0 Å². The zero-order valence-electron chi connectivity index (χ0n) is 15.0. The first-order valence-corrected chi connectivity index (χ1v) is 8.66. The van der Waals surface area contributed by atoms with Crippen LogP contribution >= 0.6 is 0 Å². The van der Waals surface area contributed by atoms with Gasteiger partial charge in [-0.05, 0) is 36.3 Å². The van der Waals surface area contributed by atoms with Crippen LogP contribution in [0.1, 0.15) is 57.3 Å². The van der Waals surface area contributed by atoms with Crippen molar-refractivity contribution in [3.05, 3.63) is 71.8 Å². The number of hydrogen-bond donors (Lipinski definition) is 0. The van der Waals surface area contributed by atoms with Gasteiger partial charge in [0.2, 0.25) is 0 Å². The first-order valence-electron chi connectivity index (χ1n) is 8.66. The normalized spacial score (nSPS) is 12.8. The molecule has 2 aromatic carbocycles. The summed E-state index contributed by atoms with van der Waals surface area (Å²) in [5.74, 6) is 0.254. The third-order valence-corrected chi connectivity index (χ3v) is 4.36. The molecule has 0 N–H and O–H groups in total. The molecule has 0 aromatic heterocycles. The summed E-state index contributed by atoms with van der Waals surface area (Å²) in [7, 11) is 0. The third kappa shape index (κ3) is 6.29. The van der Waals surface area contributed by atoms with Crippen LogP contribution in [0, 0.1) is 5.41 Å². The van der Waals surface area contributed by atoms with Crippen molar-refractivity contribution in [2.24, 2.45) is 5.41 Å².